The van der Waals surface area contributed by atoms with Gasteiger partial charge in [-0.3, -0.25) is 0 Å². The summed E-state index contributed by atoms with van der Waals surface area (Å²) in [6, 6.07) is 3.21. The molecule has 0 radical (unpaired) electrons. The monoisotopic (exact) mass is 332 g/mol. The van der Waals surface area contributed by atoms with Crippen LogP contribution in [-0.4, -0.2) is 42.8 Å². The van der Waals surface area contributed by atoms with Crippen molar-refractivity contribution < 1.29 is 27.8 Å². The third-order valence-corrected chi connectivity index (χ3v) is 3.88. The molecule has 2 rings (SSSR count). The van der Waals surface area contributed by atoms with E-state index in [1.54, 1.807) is 0 Å². The number of amides is 2. The minimum Gasteiger partial charge on any atom is -0.497 e. The first-order valence-corrected chi connectivity index (χ1v) is 7.23. The van der Waals surface area contributed by atoms with Crippen molar-refractivity contribution in [1.82, 2.24) is 10.2 Å². The van der Waals surface area contributed by atoms with Crippen LogP contribution < -0.4 is 10.1 Å². The molecule has 1 aromatic rings. The second-order valence-corrected chi connectivity index (χ2v) is 5.46. The SMILES string of the molecule is COc1ccc(CNC(=O)N2CCC(CO)C2)c(C(F)(F)F)c1. The highest BCUT2D eigenvalue weighted by Crippen LogP contribution is 2.34. The normalized spacial score (nSPS) is 18.1. The molecule has 1 fully saturated rings. The Morgan fingerprint density at radius 3 is 2.78 bits per heavy atom. The first-order chi connectivity index (χ1) is 10.8. The zero-order chi connectivity index (χ0) is 17.0. The van der Waals surface area contributed by atoms with E-state index in [0.29, 0.717) is 19.5 Å². The number of alkyl halides is 3. The van der Waals surface area contributed by atoms with Gasteiger partial charge in [0.1, 0.15) is 5.75 Å². The molecule has 1 heterocycles. The summed E-state index contributed by atoms with van der Waals surface area (Å²) in [6.45, 7) is 0.682. The molecule has 2 N–H and O–H groups in total. The number of aliphatic hydroxyl groups is 1. The number of likely N-dealkylation sites (tertiary alicyclic amines) is 1. The van der Waals surface area contributed by atoms with Gasteiger partial charge >= 0.3 is 12.2 Å². The van der Waals surface area contributed by atoms with Gasteiger partial charge in [-0.1, -0.05) is 6.07 Å². The van der Waals surface area contributed by atoms with Crippen LogP contribution in [0.15, 0.2) is 18.2 Å². The van der Waals surface area contributed by atoms with E-state index in [0.717, 1.165) is 6.07 Å². The average molecular weight is 332 g/mol. The topological polar surface area (TPSA) is 61.8 Å². The van der Waals surface area contributed by atoms with Crippen LogP contribution in [0.5, 0.6) is 5.75 Å². The molecule has 1 aliphatic rings. The fraction of sp³-hybridized carbons (Fsp3) is 0.533. The first-order valence-electron chi connectivity index (χ1n) is 7.23. The Hall–Kier alpha value is -1.96. The number of rotatable bonds is 4. The van der Waals surface area contributed by atoms with Crippen LogP contribution in [0.25, 0.3) is 0 Å². The lowest BCUT2D eigenvalue weighted by molar-refractivity contribution is -0.138. The van der Waals surface area contributed by atoms with Gasteiger partial charge in [-0.25, -0.2) is 4.79 Å². The van der Waals surface area contributed by atoms with Crippen LogP contribution >= 0.6 is 0 Å². The summed E-state index contributed by atoms with van der Waals surface area (Å²) in [4.78, 5) is 13.5. The Balaban J connectivity index is 2.04. The Morgan fingerprint density at radius 1 is 1.48 bits per heavy atom. The Labute approximate surface area is 132 Å². The molecule has 23 heavy (non-hydrogen) atoms. The second-order valence-electron chi connectivity index (χ2n) is 5.46. The van der Waals surface area contributed by atoms with Crippen LogP contribution in [0.2, 0.25) is 0 Å². The molecule has 1 atom stereocenters. The van der Waals surface area contributed by atoms with Crippen molar-refractivity contribution >= 4 is 6.03 Å². The molecule has 2 amide bonds. The number of carbonyl (C=O) groups is 1. The van der Waals surface area contributed by atoms with Gasteiger partial charge in [0.05, 0.1) is 12.7 Å². The molecule has 1 saturated heterocycles. The van der Waals surface area contributed by atoms with Crippen molar-refractivity contribution in [2.24, 2.45) is 5.92 Å². The van der Waals surface area contributed by atoms with Gasteiger partial charge < -0.3 is 20.1 Å². The van der Waals surface area contributed by atoms with Gasteiger partial charge in [-0.15, -0.1) is 0 Å². The van der Waals surface area contributed by atoms with E-state index in [1.165, 1.54) is 24.1 Å². The predicted molar refractivity (Wildman–Crippen MR) is 77.0 cm³/mol. The summed E-state index contributed by atoms with van der Waals surface area (Å²) in [5.74, 6) is 0.144. The van der Waals surface area contributed by atoms with Gasteiger partial charge in [-0.2, -0.15) is 13.2 Å². The number of ether oxygens (including phenoxy) is 1. The molecule has 0 aliphatic carbocycles. The van der Waals surface area contributed by atoms with E-state index < -0.39 is 17.8 Å². The highest BCUT2D eigenvalue weighted by molar-refractivity contribution is 5.74. The van der Waals surface area contributed by atoms with Gasteiger partial charge in [0.15, 0.2) is 0 Å². The smallest absolute Gasteiger partial charge is 0.416 e. The molecular weight excluding hydrogens is 313 g/mol. The molecule has 0 aromatic heterocycles. The van der Waals surface area contributed by atoms with E-state index in [9.17, 15) is 18.0 Å². The number of methoxy groups -OCH3 is 1. The van der Waals surface area contributed by atoms with Crippen LogP contribution in [-0.2, 0) is 12.7 Å². The number of urea groups is 1. The summed E-state index contributed by atoms with van der Waals surface area (Å²) in [6.07, 6.45) is -3.83. The molecule has 1 aliphatic heterocycles. The van der Waals surface area contributed by atoms with Crippen molar-refractivity contribution in [2.75, 3.05) is 26.8 Å². The molecule has 128 valence electrons. The largest absolute Gasteiger partial charge is 0.497 e. The molecular formula is C15H19F3N2O3. The van der Waals surface area contributed by atoms with Crippen LogP contribution in [0.3, 0.4) is 0 Å². The zero-order valence-corrected chi connectivity index (χ0v) is 12.7. The van der Waals surface area contributed by atoms with E-state index >= 15 is 0 Å². The third-order valence-electron chi connectivity index (χ3n) is 3.88. The Morgan fingerprint density at radius 2 is 2.22 bits per heavy atom. The van der Waals surface area contributed by atoms with E-state index in [2.05, 4.69) is 5.32 Å². The van der Waals surface area contributed by atoms with Crippen LogP contribution in [0.4, 0.5) is 18.0 Å². The molecule has 1 unspecified atom stereocenters. The lowest BCUT2D eigenvalue weighted by Crippen LogP contribution is -2.38. The number of carbonyl (C=O) groups excluding carboxylic acids is 1. The minimum absolute atomic E-state index is 0.000478. The number of aliphatic hydroxyl groups excluding tert-OH is 1. The summed E-state index contributed by atoms with van der Waals surface area (Å²) < 4.78 is 44.1. The lowest BCUT2D eigenvalue weighted by atomic mass is 10.1. The molecule has 0 spiro atoms. The molecule has 8 heteroatoms. The van der Waals surface area contributed by atoms with Gasteiger partial charge in [0, 0.05) is 32.2 Å². The molecule has 1 aromatic carbocycles. The van der Waals surface area contributed by atoms with Crippen molar-refractivity contribution in [1.29, 1.82) is 0 Å². The summed E-state index contributed by atoms with van der Waals surface area (Å²) in [5.41, 5.74) is -0.851. The summed E-state index contributed by atoms with van der Waals surface area (Å²) in [7, 11) is 1.29. The van der Waals surface area contributed by atoms with Gasteiger partial charge in [0.25, 0.3) is 0 Å². The van der Waals surface area contributed by atoms with Crippen molar-refractivity contribution in [3.05, 3.63) is 29.3 Å². The number of hydrogen-bond donors (Lipinski definition) is 2. The number of hydrogen-bond acceptors (Lipinski definition) is 3. The van der Waals surface area contributed by atoms with Gasteiger partial charge in [-0.05, 0) is 24.1 Å². The van der Waals surface area contributed by atoms with E-state index in [-0.39, 0.29) is 30.4 Å². The van der Waals surface area contributed by atoms with Crippen molar-refractivity contribution in [3.63, 3.8) is 0 Å². The zero-order valence-electron chi connectivity index (χ0n) is 12.7. The van der Waals surface area contributed by atoms with Crippen LogP contribution in [0.1, 0.15) is 17.5 Å². The number of benzene rings is 1. The highest BCUT2D eigenvalue weighted by Gasteiger charge is 2.34. The van der Waals surface area contributed by atoms with Crippen molar-refractivity contribution in [2.45, 2.75) is 19.1 Å². The molecule has 0 bridgehead atoms. The fourth-order valence-corrected chi connectivity index (χ4v) is 2.55. The van der Waals surface area contributed by atoms with Crippen LogP contribution in [0, 0.1) is 5.92 Å². The average Bonchev–Trinajstić information content (AvgIpc) is 3.00. The fourth-order valence-electron chi connectivity index (χ4n) is 2.55. The van der Waals surface area contributed by atoms with Crippen molar-refractivity contribution in [3.8, 4) is 5.75 Å². The Bertz CT molecular complexity index is 563. The summed E-state index contributed by atoms with van der Waals surface area (Å²) in [5, 5.41) is 11.6. The van der Waals surface area contributed by atoms with Gasteiger partial charge in [0.2, 0.25) is 0 Å². The quantitative estimate of drug-likeness (QED) is 0.889. The standard InChI is InChI=1S/C15H19F3N2O3/c1-23-12-3-2-11(13(6-12)15(16,17)18)7-19-14(22)20-5-4-10(8-20)9-21/h2-3,6,10,21H,4-5,7-9H2,1H3,(H,19,22). The maximum absolute atomic E-state index is 13.1. The first kappa shape index (κ1) is 17.4. The minimum atomic E-state index is -4.52. The van der Waals surface area contributed by atoms with E-state index in [1.807, 2.05) is 0 Å². The third kappa shape index (κ3) is 4.28. The lowest BCUT2D eigenvalue weighted by Gasteiger charge is -2.19. The summed E-state index contributed by atoms with van der Waals surface area (Å²) >= 11 is 0. The second kappa shape index (κ2) is 7.08. The number of nitrogens with one attached hydrogen (secondary N) is 1. The Kier molecular flexibility index (Phi) is 5.35. The molecule has 0 saturated carbocycles. The maximum atomic E-state index is 13.1. The number of halogens is 3. The highest BCUT2D eigenvalue weighted by atomic mass is 19.4. The van der Waals surface area contributed by atoms with E-state index in [4.69, 9.17) is 9.84 Å². The number of nitrogens with zero attached hydrogens (tertiary/aromatic N) is 1. The molecule has 5 nitrogen and oxygen atoms in total. The predicted octanol–water partition coefficient (Wildman–Crippen LogP) is 2.24. The maximum Gasteiger partial charge on any atom is 0.416 e.